The molecule has 5 heteroatoms. The normalized spacial score (nSPS) is 24.8. The Kier molecular flexibility index (Phi) is 4.70. The number of aliphatic hydroxyl groups is 1. The topological polar surface area (TPSA) is 23.5 Å². The minimum atomic E-state index is -4.51. The third-order valence-corrected chi connectivity index (χ3v) is 4.43. The highest BCUT2D eigenvalue weighted by molar-refractivity contribution is 4.96. The van der Waals surface area contributed by atoms with Crippen molar-refractivity contribution in [2.75, 3.05) is 13.1 Å². The number of nitrogens with zero attached hydrogens (tertiary/aromatic N) is 1. The van der Waals surface area contributed by atoms with Gasteiger partial charge in [0.05, 0.1) is 0 Å². The van der Waals surface area contributed by atoms with Crippen LogP contribution in [0.25, 0.3) is 0 Å². The van der Waals surface area contributed by atoms with Crippen molar-refractivity contribution in [1.82, 2.24) is 4.90 Å². The lowest BCUT2D eigenvalue weighted by molar-refractivity contribution is -0.275. The minimum absolute atomic E-state index is 0.0400. The fourth-order valence-corrected chi connectivity index (χ4v) is 2.80. The monoisotopic (exact) mass is 267 g/mol. The summed E-state index contributed by atoms with van der Waals surface area (Å²) in [7, 11) is 0. The fourth-order valence-electron chi connectivity index (χ4n) is 2.80. The van der Waals surface area contributed by atoms with Crippen LogP contribution in [0.2, 0.25) is 0 Å². The van der Waals surface area contributed by atoms with E-state index in [9.17, 15) is 18.3 Å². The average molecular weight is 267 g/mol. The molecule has 1 atom stereocenters. The molecule has 1 aliphatic rings. The van der Waals surface area contributed by atoms with Gasteiger partial charge in [0.2, 0.25) is 0 Å². The molecule has 1 rings (SSSR count). The van der Waals surface area contributed by atoms with Crippen LogP contribution in [0, 0.1) is 0 Å². The van der Waals surface area contributed by atoms with E-state index in [1.165, 1.54) is 0 Å². The number of hydrogen-bond acceptors (Lipinski definition) is 2. The number of rotatable bonds is 4. The van der Waals surface area contributed by atoms with Gasteiger partial charge in [-0.1, -0.05) is 20.3 Å². The SMILES string of the molecule is CCCC(C)(CC)N1CCC(O)(C(F)(F)F)CC1. The van der Waals surface area contributed by atoms with Crippen molar-refractivity contribution < 1.29 is 18.3 Å². The second kappa shape index (κ2) is 5.37. The third kappa shape index (κ3) is 2.99. The largest absolute Gasteiger partial charge is 0.417 e. The van der Waals surface area contributed by atoms with Crippen LogP contribution in [-0.4, -0.2) is 40.4 Å². The maximum absolute atomic E-state index is 12.7. The lowest BCUT2D eigenvalue weighted by Crippen LogP contribution is -2.58. The molecular weight excluding hydrogens is 243 g/mol. The molecule has 2 nitrogen and oxygen atoms in total. The van der Waals surface area contributed by atoms with Gasteiger partial charge in [0, 0.05) is 18.6 Å². The Morgan fingerprint density at radius 2 is 1.67 bits per heavy atom. The van der Waals surface area contributed by atoms with Gasteiger partial charge >= 0.3 is 6.18 Å². The van der Waals surface area contributed by atoms with Crippen LogP contribution in [0.4, 0.5) is 13.2 Å². The zero-order chi connectivity index (χ0) is 14.0. The predicted molar refractivity (Wildman–Crippen MR) is 65.4 cm³/mol. The van der Waals surface area contributed by atoms with Gasteiger partial charge in [-0.3, -0.25) is 4.90 Å². The van der Waals surface area contributed by atoms with E-state index in [1.54, 1.807) is 0 Å². The lowest BCUT2D eigenvalue weighted by Gasteiger charge is -2.47. The zero-order valence-electron chi connectivity index (χ0n) is 11.5. The molecule has 0 aromatic heterocycles. The van der Waals surface area contributed by atoms with Crippen molar-refractivity contribution in [2.45, 2.75) is 70.2 Å². The van der Waals surface area contributed by atoms with Crippen LogP contribution in [0.1, 0.15) is 52.9 Å². The fraction of sp³-hybridized carbons (Fsp3) is 1.00. The Hall–Kier alpha value is -0.290. The van der Waals surface area contributed by atoms with Crippen LogP contribution < -0.4 is 0 Å². The van der Waals surface area contributed by atoms with Gasteiger partial charge < -0.3 is 5.11 Å². The summed E-state index contributed by atoms with van der Waals surface area (Å²) in [6.07, 6.45) is -2.01. The van der Waals surface area contributed by atoms with Gasteiger partial charge in [-0.05, 0) is 32.6 Å². The van der Waals surface area contributed by atoms with Crippen LogP contribution in [-0.2, 0) is 0 Å². The van der Waals surface area contributed by atoms with Gasteiger partial charge in [-0.15, -0.1) is 0 Å². The summed E-state index contributed by atoms with van der Waals surface area (Å²) in [5.74, 6) is 0. The van der Waals surface area contributed by atoms with Crippen LogP contribution >= 0.6 is 0 Å². The summed E-state index contributed by atoms with van der Waals surface area (Å²) in [5.41, 5.74) is -2.52. The van der Waals surface area contributed by atoms with E-state index in [1.807, 2.05) is 0 Å². The van der Waals surface area contributed by atoms with E-state index in [4.69, 9.17) is 0 Å². The van der Waals surface area contributed by atoms with Crippen molar-refractivity contribution in [1.29, 1.82) is 0 Å². The Morgan fingerprint density at radius 3 is 2.00 bits per heavy atom. The first-order chi connectivity index (χ1) is 8.18. The Bertz CT molecular complexity index is 272. The van der Waals surface area contributed by atoms with E-state index in [-0.39, 0.29) is 18.4 Å². The van der Waals surface area contributed by atoms with E-state index in [2.05, 4.69) is 25.7 Å². The molecule has 0 radical (unpaired) electrons. The van der Waals surface area contributed by atoms with Crippen molar-refractivity contribution in [3.05, 3.63) is 0 Å². The molecule has 1 saturated heterocycles. The number of piperidine rings is 1. The molecule has 1 aliphatic heterocycles. The molecule has 0 aliphatic carbocycles. The second-order valence-corrected chi connectivity index (χ2v) is 5.62. The van der Waals surface area contributed by atoms with Gasteiger partial charge in [0.1, 0.15) is 0 Å². The van der Waals surface area contributed by atoms with E-state index < -0.39 is 11.8 Å². The molecule has 0 saturated carbocycles. The number of hydrogen-bond donors (Lipinski definition) is 1. The van der Waals surface area contributed by atoms with E-state index >= 15 is 0 Å². The predicted octanol–water partition coefficient (Wildman–Crippen LogP) is 3.34. The molecule has 108 valence electrons. The van der Waals surface area contributed by atoms with Crippen LogP contribution in [0.3, 0.4) is 0 Å². The highest BCUT2D eigenvalue weighted by Crippen LogP contribution is 2.40. The number of likely N-dealkylation sites (tertiary alicyclic amines) is 1. The van der Waals surface area contributed by atoms with Gasteiger partial charge in [-0.2, -0.15) is 13.2 Å². The third-order valence-electron chi connectivity index (χ3n) is 4.43. The molecule has 1 unspecified atom stereocenters. The van der Waals surface area contributed by atoms with E-state index in [0.29, 0.717) is 13.1 Å². The van der Waals surface area contributed by atoms with Crippen molar-refractivity contribution in [2.24, 2.45) is 0 Å². The summed E-state index contributed by atoms with van der Waals surface area (Å²) in [4.78, 5) is 2.11. The van der Waals surface area contributed by atoms with Gasteiger partial charge in [0.25, 0.3) is 0 Å². The summed E-state index contributed by atoms with van der Waals surface area (Å²) < 4.78 is 38.1. The Labute approximate surface area is 107 Å². The Morgan fingerprint density at radius 1 is 1.17 bits per heavy atom. The zero-order valence-corrected chi connectivity index (χ0v) is 11.5. The summed E-state index contributed by atoms with van der Waals surface area (Å²) in [5, 5.41) is 9.64. The molecule has 1 heterocycles. The molecule has 1 N–H and O–H groups in total. The highest BCUT2D eigenvalue weighted by atomic mass is 19.4. The summed E-state index contributed by atoms with van der Waals surface area (Å²) >= 11 is 0. The van der Waals surface area contributed by atoms with Crippen molar-refractivity contribution in [3.8, 4) is 0 Å². The maximum Gasteiger partial charge on any atom is 0.417 e. The molecule has 0 aromatic rings. The molecule has 0 spiro atoms. The van der Waals surface area contributed by atoms with Crippen LogP contribution in [0.15, 0.2) is 0 Å². The minimum Gasteiger partial charge on any atom is -0.380 e. The van der Waals surface area contributed by atoms with Crippen molar-refractivity contribution >= 4 is 0 Å². The molecule has 0 bridgehead atoms. The van der Waals surface area contributed by atoms with Gasteiger partial charge in [0.15, 0.2) is 5.60 Å². The number of halogens is 3. The quantitative estimate of drug-likeness (QED) is 0.844. The van der Waals surface area contributed by atoms with Gasteiger partial charge in [-0.25, -0.2) is 0 Å². The first-order valence-corrected chi connectivity index (χ1v) is 6.73. The molecule has 0 aromatic carbocycles. The van der Waals surface area contributed by atoms with Crippen LogP contribution in [0.5, 0.6) is 0 Å². The number of alkyl halides is 3. The smallest absolute Gasteiger partial charge is 0.380 e. The Balaban J connectivity index is 2.69. The van der Waals surface area contributed by atoms with Crippen molar-refractivity contribution in [3.63, 3.8) is 0 Å². The first kappa shape index (κ1) is 15.8. The summed E-state index contributed by atoms with van der Waals surface area (Å²) in [6, 6.07) is 0. The first-order valence-electron chi connectivity index (χ1n) is 6.73. The molecule has 0 amide bonds. The molecule has 1 fully saturated rings. The summed E-state index contributed by atoms with van der Waals surface area (Å²) in [6.45, 7) is 6.90. The van der Waals surface area contributed by atoms with E-state index in [0.717, 1.165) is 19.3 Å². The second-order valence-electron chi connectivity index (χ2n) is 5.62. The molecular formula is C13H24F3NO. The highest BCUT2D eigenvalue weighted by Gasteiger charge is 2.55. The lowest BCUT2D eigenvalue weighted by atomic mass is 9.84. The maximum atomic E-state index is 12.7. The average Bonchev–Trinajstić information content (AvgIpc) is 2.28. The molecule has 18 heavy (non-hydrogen) atoms. The standard InChI is InChI=1S/C13H24F3NO/c1-4-6-11(3,5-2)17-9-7-12(18,8-10-17)13(14,15)16/h18H,4-10H2,1-3H3.